The van der Waals surface area contributed by atoms with Crippen LogP contribution in [-0.2, 0) is 10.0 Å². The first kappa shape index (κ1) is 15.1. The highest BCUT2D eigenvalue weighted by atomic mass is 32.2. The van der Waals surface area contributed by atoms with Gasteiger partial charge in [0.15, 0.2) is 4.90 Å². The Morgan fingerprint density at radius 3 is 2.55 bits per heavy atom. The van der Waals surface area contributed by atoms with Crippen LogP contribution in [0.5, 0.6) is 0 Å². The van der Waals surface area contributed by atoms with E-state index in [1.165, 1.54) is 22.5 Å². The molecule has 7 nitrogen and oxygen atoms in total. The molecule has 0 radical (unpaired) electrons. The standard InChI is InChI=1S/C11H15N3O4S2/c1-12-9-2-3-10(14(15)16)11(8-9)20(17,18)13-4-6-19-7-5-13/h2-3,8,12H,4-7H2,1H3. The Morgan fingerprint density at radius 1 is 1.35 bits per heavy atom. The van der Waals surface area contributed by atoms with E-state index in [9.17, 15) is 18.5 Å². The Kier molecular flexibility index (Phi) is 4.51. The number of benzene rings is 1. The monoisotopic (exact) mass is 317 g/mol. The number of rotatable bonds is 4. The maximum Gasteiger partial charge on any atom is 0.289 e. The third kappa shape index (κ3) is 2.89. The lowest BCUT2D eigenvalue weighted by Gasteiger charge is -2.25. The lowest BCUT2D eigenvalue weighted by Crippen LogP contribution is -2.38. The van der Waals surface area contributed by atoms with Crippen LogP contribution in [0.3, 0.4) is 0 Å². The predicted molar refractivity (Wildman–Crippen MR) is 78.7 cm³/mol. The molecule has 0 amide bonds. The van der Waals surface area contributed by atoms with E-state index in [0.717, 1.165) is 0 Å². The van der Waals surface area contributed by atoms with Gasteiger partial charge in [-0.2, -0.15) is 16.1 Å². The summed E-state index contributed by atoms with van der Waals surface area (Å²) >= 11 is 1.68. The van der Waals surface area contributed by atoms with E-state index in [-0.39, 0.29) is 10.6 Å². The number of nitro benzene ring substituents is 1. The second kappa shape index (κ2) is 5.98. The van der Waals surface area contributed by atoms with Crippen molar-refractivity contribution < 1.29 is 13.3 Å². The molecule has 0 bridgehead atoms. The SMILES string of the molecule is CNc1ccc([N+](=O)[O-])c(S(=O)(=O)N2CCSCC2)c1. The first-order valence-corrected chi connectivity index (χ1v) is 8.60. The number of nitrogens with one attached hydrogen (secondary N) is 1. The molecule has 110 valence electrons. The maximum absolute atomic E-state index is 12.6. The van der Waals surface area contributed by atoms with Crippen molar-refractivity contribution in [3.8, 4) is 0 Å². The summed E-state index contributed by atoms with van der Waals surface area (Å²) in [5.41, 5.74) is 0.141. The van der Waals surface area contributed by atoms with Crippen molar-refractivity contribution in [2.75, 3.05) is 37.0 Å². The largest absolute Gasteiger partial charge is 0.388 e. The number of sulfonamides is 1. The highest BCUT2D eigenvalue weighted by Crippen LogP contribution is 2.30. The number of nitro groups is 1. The zero-order valence-corrected chi connectivity index (χ0v) is 12.5. The highest BCUT2D eigenvalue weighted by molar-refractivity contribution is 7.99. The van der Waals surface area contributed by atoms with E-state index in [1.807, 2.05) is 0 Å². The van der Waals surface area contributed by atoms with Crippen molar-refractivity contribution in [3.05, 3.63) is 28.3 Å². The number of nitrogens with zero attached hydrogens (tertiary/aromatic N) is 2. The Morgan fingerprint density at radius 2 is 2.00 bits per heavy atom. The Bertz CT molecular complexity index is 612. The van der Waals surface area contributed by atoms with Gasteiger partial charge in [-0.15, -0.1) is 0 Å². The quantitative estimate of drug-likeness (QED) is 0.666. The zero-order valence-electron chi connectivity index (χ0n) is 10.9. The molecule has 0 aliphatic carbocycles. The van der Waals surface area contributed by atoms with Gasteiger partial charge in [0.1, 0.15) is 0 Å². The van der Waals surface area contributed by atoms with Gasteiger partial charge in [-0.3, -0.25) is 10.1 Å². The van der Waals surface area contributed by atoms with Crippen molar-refractivity contribution >= 4 is 33.2 Å². The summed E-state index contributed by atoms with van der Waals surface area (Å²) in [7, 11) is -2.20. The van der Waals surface area contributed by atoms with E-state index >= 15 is 0 Å². The average Bonchev–Trinajstić information content (AvgIpc) is 2.47. The van der Waals surface area contributed by atoms with Gasteiger partial charge in [-0.05, 0) is 12.1 Å². The van der Waals surface area contributed by atoms with Crippen molar-refractivity contribution in [1.29, 1.82) is 0 Å². The van der Waals surface area contributed by atoms with Gasteiger partial charge in [0.05, 0.1) is 4.92 Å². The number of anilines is 1. The molecule has 0 spiro atoms. The van der Waals surface area contributed by atoms with E-state index in [0.29, 0.717) is 30.3 Å². The minimum Gasteiger partial charge on any atom is -0.388 e. The summed E-state index contributed by atoms with van der Waals surface area (Å²) < 4.78 is 26.4. The lowest BCUT2D eigenvalue weighted by atomic mass is 10.3. The Hall–Kier alpha value is -1.32. The maximum atomic E-state index is 12.6. The fourth-order valence-corrected chi connectivity index (χ4v) is 4.71. The van der Waals surface area contributed by atoms with Gasteiger partial charge in [-0.25, -0.2) is 8.42 Å². The molecule has 1 aliphatic rings. The Balaban J connectivity index is 2.50. The summed E-state index contributed by atoms with van der Waals surface area (Å²) in [6, 6.07) is 4.02. The molecule has 1 aromatic carbocycles. The van der Waals surface area contributed by atoms with Gasteiger partial charge in [0, 0.05) is 43.4 Å². The van der Waals surface area contributed by atoms with E-state index in [4.69, 9.17) is 0 Å². The molecule has 1 fully saturated rings. The van der Waals surface area contributed by atoms with Crippen molar-refractivity contribution in [2.24, 2.45) is 0 Å². The average molecular weight is 317 g/mol. The van der Waals surface area contributed by atoms with Gasteiger partial charge in [0.25, 0.3) is 5.69 Å². The lowest BCUT2D eigenvalue weighted by molar-refractivity contribution is -0.387. The fourth-order valence-electron chi connectivity index (χ4n) is 1.95. The summed E-state index contributed by atoms with van der Waals surface area (Å²) in [5.74, 6) is 1.41. The highest BCUT2D eigenvalue weighted by Gasteiger charge is 2.32. The zero-order chi connectivity index (χ0) is 14.8. The second-order valence-corrected chi connectivity index (χ2v) is 7.34. The molecule has 1 N–H and O–H groups in total. The molecular formula is C11H15N3O4S2. The van der Waals surface area contributed by atoms with Crippen LogP contribution in [0.2, 0.25) is 0 Å². The summed E-state index contributed by atoms with van der Waals surface area (Å²) in [6.07, 6.45) is 0. The molecule has 2 rings (SSSR count). The van der Waals surface area contributed by atoms with Crippen molar-refractivity contribution in [2.45, 2.75) is 4.90 Å². The first-order chi connectivity index (χ1) is 9.46. The normalized spacial score (nSPS) is 16.9. The molecule has 9 heteroatoms. The number of hydrogen-bond donors (Lipinski definition) is 1. The number of hydrogen-bond acceptors (Lipinski definition) is 6. The Labute approximate surface area is 121 Å². The minimum absolute atomic E-state index is 0.249. The molecule has 0 aromatic heterocycles. The van der Waals surface area contributed by atoms with Gasteiger partial charge in [-0.1, -0.05) is 0 Å². The molecule has 1 aliphatic heterocycles. The molecule has 0 atom stereocenters. The van der Waals surface area contributed by atoms with E-state index < -0.39 is 14.9 Å². The topological polar surface area (TPSA) is 92.5 Å². The number of thioether (sulfide) groups is 1. The van der Waals surface area contributed by atoms with Crippen molar-refractivity contribution in [3.63, 3.8) is 0 Å². The molecule has 1 saturated heterocycles. The summed E-state index contributed by atoms with van der Waals surface area (Å²) in [5, 5.41) is 13.8. The van der Waals surface area contributed by atoms with E-state index in [2.05, 4.69) is 5.32 Å². The molecule has 20 heavy (non-hydrogen) atoms. The van der Waals surface area contributed by atoms with Crippen LogP contribution in [0, 0.1) is 10.1 Å². The van der Waals surface area contributed by atoms with E-state index in [1.54, 1.807) is 18.8 Å². The predicted octanol–water partition coefficient (Wildman–Crippen LogP) is 1.37. The van der Waals surface area contributed by atoms with Crippen molar-refractivity contribution in [1.82, 2.24) is 4.31 Å². The van der Waals surface area contributed by atoms with Crippen LogP contribution < -0.4 is 5.32 Å². The fraction of sp³-hybridized carbons (Fsp3) is 0.455. The van der Waals surface area contributed by atoms with Gasteiger partial charge >= 0.3 is 0 Å². The molecule has 0 unspecified atom stereocenters. The van der Waals surface area contributed by atoms with Crippen LogP contribution in [-0.4, -0.2) is 49.3 Å². The van der Waals surface area contributed by atoms with Gasteiger partial charge in [0.2, 0.25) is 10.0 Å². The van der Waals surface area contributed by atoms with Crippen LogP contribution in [0.4, 0.5) is 11.4 Å². The van der Waals surface area contributed by atoms with Crippen LogP contribution in [0.1, 0.15) is 0 Å². The molecule has 1 heterocycles. The minimum atomic E-state index is -3.83. The molecule has 1 aromatic rings. The van der Waals surface area contributed by atoms with Gasteiger partial charge < -0.3 is 5.32 Å². The smallest absolute Gasteiger partial charge is 0.289 e. The molecule has 0 saturated carbocycles. The van der Waals surface area contributed by atoms with Crippen LogP contribution >= 0.6 is 11.8 Å². The third-order valence-corrected chi connectivity index (χ3v) is 5.90. The third-order valence-electron chi connectivity index (χ3n) is 3.03. The second-order valence-electron chi connectivity index (χ2n) is 4.21. The summed E-state index contributed by atoms with van der Waals surface area (Å²) in [6.45, 7) is 0.766. The van der Waals surface area contributed by atoms with Crippen LogP contribution in [0.15, 0.2) is 23.1 Å². The first-order valence-electron chi connectivity index (χ1n) is 6.01. The summed E-state index contributed by atoms with van der Waals surface area (Å²) in [4.78, 5) is 10.1. The molecular weight excluding hydrogens is 302 g/mol. The van der Waals surface area contributed by atoms with Crippen LogP contribution in [0.25, 0.3) is 0 Å².